The number of aryl methyl sites for hydroxylation is 2. The van der Waals surface area contributed by atoms with Crippen LogP contribution < -0.4 is 21.5 Å². The number of aromatic amines is 1. The van der Waals surface area contributed by atoms with Crippen molar-refractivity contribution >= 4 is 40.2 Å². The fourth-order valence-corrected chi connectivity index (χ4v) is 7.62. The Balaban J connectivity index is 0.845. The number of aliphatic hydroxyl groups excluding tert-OH is 1. The molecule has 1 aliphatic rings. The number of nitrogens with one attached hydrogen (secondary N) is 4. The third-order valence-electron chi connectivity index (χ3n) is 11.1. The van der Waals surface area contributed by atoms with Crippen molar-refractivity contribution in [2.45, 2.75) is 71.1 Å². The summed E-state index contributed by atoms with van der Waals surface area (Å²) in [5, 5.41) is 30.9. The normalized spacial score (nSPS) is 13.8. The van der Waals surface area contributed by atoms with Gasteiger partial charge in [-0.25, -0.2) is 4.79 Å². The second kappa shape index (κ2) is 20.8. The minimum absolute atomic E-state index is 0.0560. The average Bonchev–Trinajstić information content (AvgIpc) is 3.24. The number of anilines is 2. The number of unbranched alkanes of at least 4 members (excludes halogenated alkanes) is 1. The van der Waals surface area contributed by atoms with Gasteiger partial charge in [0, 0.05) is 81.9 Å². The molecule has 0 unspecified atom stereocenters. The van der Waals surface area contributed by atoms with Gasteiger partial charge in [0.05, 0.1) is 17.3 Å². The van der Waals surface area contributed by atoms with Gasteiger partial charge >= 0.3 is 6.09 Å². The minimum atomic E-state index is -0.870. The zero-order chi connectivity index (χ0) is 42.6. The number of ether oxygens (including phenoxy) is 1. The summed E-state index contributed by atoms with van der Waals surface area (Å²) in [5.74, 6) is -0.0693. The molecule has 0 saturated carbocycles. The molecule has 1 saturated heterocycles. The Morgan fingerprint density at radius 2 is 1.63 bits per heavy atom. The number of aromatic nitrogens is 1. The van der Waals surface area contributed by atoms with Crippen LogP contribution in [0.5, 0.6) is 5.75 Å². The van der Waals surface area contributed by atoms with Crippen molar-refractivity contribution < 1.29 is 29.3 Å². The van der Waals surface area contributed by atoms with Crippen molar-refractivity contribution in [3.63, 3.8) is 0 Å². The topological polar surface area (TPSA) is 176 Å². The average molecular weight is 817 g/mol. The Hall–Kier alpha value is -6.02. The number of piperidine rings is 1. The van der Waals surface area contributed by atoms with Gasteiger partial charge in [0.1, 0.15) is 11.9 Å². The van der Waals surface area contributed by atoms with E-state index in [0.717, 1.165) is 46.6 Å². The van der Waals surface area contributed by atoms with Gasteiger partial charge in [-0.3, -0.25) is 19.7 Å². The van der Waals surface area contributed by atoms with E-state index in [-0.39, 0.29) is 35.8 Å². The van der Waals surface area contributed by atoms with Gasteiger partial charge in [-0.2, -0.15) is 0 Å². The fourth-order valence-electron chi connectivity index (χ4n) is 7.62. The first-order valence-electron chi connectivity index (χ1n) is 20.7. The molecule has 4 aromatic carbocycles. The molecule has 6 rings (SSSR count). The van der Waals surface area contributed by atoms with E-state index < -0.39 is 12.2 Å². The Kier molecular flexibility index (Phi) is 15.1. The summed E-state index contributed by atoms with van der Waals surface area (Å²) in [7, 11) is 1.80. The molecule has 13 nitrogen and oxygen atoms in total. The van der Waals surface area contributed by atoms with Crippen LogP contribution in [0.3, 0.4) is 0 Å². The Morgan fingerprint density at radius 3 is 2.42 bits per heavy atom. The summed E-state index contributed by atoms with van der Waals surface area (Å²) < 4.78 is 5.76. The maximum Gasteiger partial charge on any atom is 0.411 e. The molecule has 0 spiro atoms. The van der Waals surface area contributed by atoms with Crippen molar-refractivity contribution in [1.82, 2.24) is 20.1 Å². The molecule has 1 fully saturated rings. The van der Waals surface area contributed by atoms with Crippen LogP contribution in [0.2, 0.25) is 0 Å². The van der Waals surface area contributed by atoms with Crippen LogP contribution in [0.25, 0.3) is 22.0 Å². The van der Waals surface area contributed by atoms with Gasteiger partial charge in [-0.05, 0) is 91.6 Å². The highest BCUT2D eigenvalue weighted by molar-refractivity contribution is 5.92. The number of hydrogen-bond donors (Lipinski definition) is 6. The highest BCUT2D eigenvalue weighted by atomic mass is 16.6. The molecule has 6 N–H and O–H groups in total. The molecule has 0 radical (unpaired) electrons. The quantitative estimate of drug-likeness (QED) is 0.0539. The minimum Gasteiger partial charge on any atom is -0.506 e. The number of H-pyrrole nitrogens is 1. The first-order valence-corrected chi connectivity index (χ1v) is 20.7. The van der Waals surface area contributed by atoms with Gasteiger partial charge in [0.15, 0.2) is 0 Å². The zero-order valence-corrected chi connectivity index (χ0v) is 34.6. The van der Waals surface area contributed by atoms with Crippen molar-refractivity contribution in [2.24, 2.45) is 0 Å². The molecular weight excluding hydrogens is 761 g/mol. The molecule has 1 atom stereocenters. The van der Waals surface area contributed by atoms with E-state index in [1.54, 1.807) is 24.1 Å². The Morgan fingerprint density at radius 1 is 0.883 bits per heavy atom. The van der Waals surface area contributed by atoms with E-state index in [1.807, 2.05) is 80.6 Å². The molecule has 60 heavy (non-hydrogen) atoms. The number of para-hydroxylation sites is 1. The standard InChI is InChI=1S/C47H56N6O7/c1-31-28-40(32(2)27-34(31)29-48-30-42(55)37-16-18-41(54)46-38(37)17-19-44(57)51-46)49-43(56)15-9-10-23-52(3)45(58)22-26-53-24-20-35(21-25-53)60-47(59)50-39-14-8-7-13-36(39)33-11-5-4-6-12-33/h4-8,11-14,16-19,27-28,35,42,48,54-55H,9-10,15,20-26,29-30H2,1-3H3,(H,49,56)(H,50,59)(H,51,57)/t42-/m1/s1. The predicted octanol–water partition coefficient (Wildman–Crippen LogP) is 7.01. The molecule has 3 amide bonds. The van der Waals surface area contributed by atoms with Crippen molar-refractivity contribution in [1.29, 1.82) is 0 Å². The van der Waals surface area contributed by atoms with E-state index in [1.165, 1.54) is 12.1 Å². The van der Waals surface area contributed by atoms with Crippen LogP contribution in [0.1, 0.15) is 66.9 Å². The number of aromatic hydroxyl groups is 1. The number of phenols is 1. The van der Waals surface area contributed by atoms with E-state index >= 15 is 0 Å². The van der Waals surface area contributed by atoms with E-state index in [9.17, 15) is 29.4 Å². The lowest BCUT2D eigenvalue weighted by Gasteiger charge is -2.31. The maximum atomic E-state index is 12.9. The highest BCUT2D eigenvalue weighted by Crippen LogP contribution is 2.30. The third-order valence-corrected chi connectivity index (χ3v) is 11.1. The summed E-state index contributed by atoms with van der Waals surface area (Å²) in [6.45, 7) is 7.38. The van der Waals surface area contributed by atoms with Gasteiger partial charge < -0.3 is 40.4 Å². The predicted molar refractivity (Wildman–Crippen MR) is 235 cm³/mol. The zero-order valence-electron chi connectivity index (χ0n) is 34.6. The summed E-state index contributed by atoms with van der Waals surface area (Å²) in [4.78, 5) is 56.9. The molecule has 1 aliphatic heterocycles. The molecule has 0 aliphatic carbocycles. The second-order valence-electron chi connectivity index (χ2n) is 15.6. The molecule has 13 heteroatoms. The van der Waals surface area contributed by atoms with Crippen LogP contribution in [0.4, 0.5) is 16.2 Å². The van der Waals surface area contributed by atoms with Crippen LogP contribution in [0.15, 0.2) is 95.8 Å². The number of carbonyl (C=O) groups excluding carboxylic acids is 3. The monoisotopic (exact) mass is 816 g/mol. The Bertz CT molecular complexity index is 2320. The van der Waals surface area contributed by atoms with E-state index in [2.05, 4.69) is 25.8 Å². The van der Waals surface area contributed by atoms with Gasteiger partial charge in [-0.15, -0.1) is 0 Å². The largest absolute Gasteiger partial charge is 0.506 e. The van der Waals surface area contributed by atoms with Crippen LogP contribution in [-0.4, -0.2) is 88.8 Å². The van der Waals surface area contributed by atoms with Crippen molar-refractivity contribution in [2.75, 3.05) is 50.4 Å². The number of phenolic OH excluding ortho intramolecular Hbond substituents is 1. The second-order valence-corrected chi connectivity index (χ2v) is 15.6. The number of likely N-dealkylation sites (tertiary alicyclic amines) is 1. The van der Waals surface area contributed by atoms with Gasteiger partial charge in [-0.1, -0.05) is 60.7 Å². The highest BCUT2D eigenvalue weighted by Gasteiger charge is 2.24. The summed E-state index contributed by atoms with van der Waals surface area (Å²) >= 11 is 0. The molecule has 1 aromatic heterocycles. The molecule has 316 valence electrons. The van der Waals surface area contributed by atoms with Gasteiger partial charge in [0.25, 0.3) is 0 Å². The number of pyridine rings is 1. The number of carbonyl (C=O) groups is 3. The van der Waals surface area contributed by atoms with Gasteiger partial charge in [0.2, 0.25) is 17.4 Å². The summed E-state index contributed by atoms with van der Waals surface area (Å²) in [5.41, 5.74) is 6.90. The smallest absolute Gasteiger partial charge is 0.411 e. The molecule has 0 bridgehead atoms. The molecule has 5 aromatic rings. The lowest BCUT2D eigenvalue weighted by Crippen LogP contribution is -2.40. The number of aliphatic hydroxyl groups is 1. The number of hydrogen-bond acceptors (Lipinski definition) is 9. The van der Waals surface area contributed by atoms with E-state index in [4.69, 9.17) is 4.74 Å². The van der Waals surface area contributed by atoms with Crippen LogP contribution in [-0.2, 0) is 20.9 Å². The number of nitrogens with zero attached hydrogens (tertiary/aromatic N) is 2. The first kappa shape index (κ1) is 43.6. The van der Waals surface area contributed by atoms with Crippen LogP contribution >= 0.6 is 0 Å². The number of benzene rings is 4. The summed E-state index contributed by atoms with van der Waals surface area (Å²) in [6.07, 6.45) is 2.01. The number of amides is 3. The first-order chi connectivity index (χ1) is 28.9. The molecule has 2 heterocycles. The Labute approximate surface area is 350 Å². The summed E-state index contributed by atoms with van der Waals surface area (Å²) in [6, 6.07) is 27.6. The third kappa shape index (κ3) is 11.8. The van der Waals surface area contributed by atoms with E-state index in [0.29, 0.717) is 80.3 Å². The van der Waals surface area contributed by atoms with Crippen molar-refractivity contribution in [3.05, 3.63) is 124 Å². The lowest BCUT2D eigenvalue weighted by molar-refractivity contribution is -0.130. The lowest BCUT2D eigenvalue weighted by atomic mass is 10.0. The van der Waals surface area contributed by atoms with Crippen LogP contribution in [0, 0.1) is 13.8 Å². The number of fused-ring (bicyclic) bond motifs is 1. The SMILES string of the molecule is Cc1cc(NC(=O)CCCCN(C)C(=O)CCN2CCC(OC(=O)Nc3ccccc3-c3ccccc3)CC2)c(C)cc1CNC[C@@H](O)c1ccc(O)c2[nH]c(=O)ccc12. The fraction of sp³-hybridized carbons (Fsp3) is 0.362. The van der Waals surface area contributed by atoms with Crippen molar-refractivity contribution in [3.8, 4) is 16.9 Å². The maximum absolute atomic E-state index is 12.9. The molecular formula is C47H56N6O7. The number of rotatable bonds is 17.